The lowest BCUT2D eigenvalue weighted by molar-refractivity contribution is -0.134. The molecule has 1 aliphatic heterocycles. The number of ether oxygens (including phenoxy) is 2. The zero-order chi connectivity index (χ0) is 27.2. The molecule has 0 bridgehead atoms. The number of carbonyl (C=O) groups excluding carboxylic acids is 2. The smallest absolute Gasteiger partial charge is 0.247 e. The van der Waals surface area contributed by atoms with Crippen molar-refractivity contribution >= 4 is 52.3 Å². The van der Waals surface area contributed by atoms with Gasteiger partial charge in [0.05, 0.1) is 16.6 Å². The van der Waals surface area contributed by atoms with Gasteiger partial charge in [-0.2, -0.15) is 0 Å². The number of anilines is 1. The molecule has 2 amide bonds. The van der Waals surface area contributed by atoms with Gasteiger partial charge < -0.3 is 19.7 Å². The maximum atomic E-state index is 13.4. The molecule has 10 heteroatoms. The van der Waals surface area contributed by atoms with E-state index in [0.29, 0.717) is 45.3 Å². The van der Waals surface area contributed by atoms with Crippen molar-refractivity contribution in [2.75, 3.05) is 38.3 Å². The Morgan fingerprint density at radius 3 is 2.34 bits per heavy atom. The van der Waals surface area contributed by atoms with E-state index >= 15 is 0 Å². The number of nitrogens with one attached hydrogen (secondary N) is 1. The van der Waals surface area contributed by atoms with Gasteiger partial charge >= 0.3 is 0 Å². The number of likely N-dealkylation sites (N-methyl/N-ethyl adjacent to an activating group) is 1. The van der Waals surface area contributed by atoms with Gasteiger partial charge in [-0.15, -0.1) is 0 Å². The van der Waals surface area contributed by atoms with Crippen molar-refractivity contribution in [1.82, 2.24) is 10.2 Å². The zero-order valence-electron chi connectivity index (χ0n) is 21.0. The molecule has 1 saturated heterocycles. The van der Waals surface area contributed by atoms with Crippen LogP contribution in [0.3, 0.4) is 0 Å². The number of hydrogen-bond acceptors (Lipinski definition) is 5. The molecule has 38 heavy (non-hydrogen) atoms. The van der Waals surface area contributed by atoms with Crippen LogP contribution in [0.25, 0.3) is 0 Å². The Kier molecular flexibility index (Phi) is 9.39. The van der Waals surface area contributed by atoms with Gasteiger partial charge in [-0.1, -0.05) is 53.0 Å². The number of benzene rings is 3. The lowest BCUT2D eigenvalue weighted by Gasteiger charge is -2.37. The van der Waals surface area contributed by atoms with Gasteiger partial charge in [0.25, 0.3) is 0 Å². The number of nitrogens with zero attached hydrogens (tertiary/aromatic N) is 2. The molecule has 0 unspecified atom stereocenters. The van der Waals surface area contributed by atoms with E-state index in [1.165, 1.54) is 4.90 Å². The third-order valence-corrected chi connectivity index (χ3v) is 7.01. The number of rotatable bonds is 9. The van der Waals surface area contributed by atoms with E-state index in [2.05, 4.69) is 5.32 Å². The topological polar surface area (TPSA) is 71.1 Å². The molecule has 4 rings (SSSR count). The van der Waals surface area contributed by atoms with E-state index in [0.717, 1.165) is 11.1 Å². The molecule has 0 radical (unpaired) electrons. The predicted octanol–water partition coefficient (Wildman–Crippen LogP) is 5.38. The van der Waals surface area contributed by atoms with Crippen LogP contribution < -0.4 is 19.7 Å². The van der Waals surface area contributed by atoms with Gasteiger partial charge in [0.2, 0.25) is 11.8 Å². The summed E-state index contributed by atoms with van der Waals surface area (Å²) in [6, 6.07) is 17.3. The third kappa shape index (κ3) is 6.72. The second kappa shape index (κ2) is 12.7. The third-order valence-electron chi connectivity index (χ3n) is 6.08. The molecule has 200 valence electrons. The second-order valence-electron chi connectivity index (χ2n) is 8.94. The molecular formula is C28H28Cl3N3O4. The number of piperazine rings is 1. The average Bonchev–Trinajstić information content (AvgIpc) is 2.89. The monoisotopic (exact) mass is 575 g/mol. The number of halogens is 3. The van der Waals surface area contributed by atoms with Crippen molar-refractivity contribution in [3.05, 3.63) is 86.9 Å². The largest absolute Gasteiger partial charge is 0.490 e. The molecule has 3 aromatic rings. The second-order valence-corrected chi connectivity index (χ2v) is 10.2. The summed E-state index contributed by atoms with van der Waals surface area (Å²) >= 11 is 18.7. The molecule has 1 fully saturated rings. The van der Waals surface area contributed by atoms with E-state index in [9.17, 15) is 9.59 Å². The number of hydrogen-bond donors (Lipinski definition) is 1. The molecule has 1 heterocycles. The fourth-order valence-corrected chi connectivity index (χ4v) is 5.13. The highest BCUT2D eigenvalue weighted by atomic mass is 35.5. The Bertz CT molecular complexity index is 1280. The number of aryl methyl sites for hydroxylation is 1. The highest BCUT2D eigenvalue weighted by molar-refractivity contribution is 6.37. The van der Waals surface area contributed by atoms with Gasteiger partial charge in [0, 0.05) is 30.8 Å². The van der Waals surface area contributed by atoms with Crippen molar-refractivity contribution < 1.29 is 19.1 Å². The molecule has 3 aromatic carbocycles. The molecule has 0 aromatic heterocycles. The molecule has 0 aliphatic carbocycles. The van der Waals surface area contributed by atoms with Gasteiger partial charge in [0.15, 0.2) is 5.75 Å². The van der Waals surface area contributed by atoms with Crippen LogP contribution in [0.4, 0.5) is 5.69 Å². The summed E-state index contributed by atoms with van der Waals surface area (Å²) in [6.45, 7) is 3.24. The molecule has 0 saturated carbocycles. The van der Waals surface area contributed by atoms with E-state index in [-0.39, 0.29) is 31.6 Å². The summed E-state index contributed by atoms with van der Waals surface area (Å²) in [5.41, 5.74) is 2.40. The maximum Gasteiger partial charge on any atom is 0.247 e. The standard InChI is InChI=1S/C28H28Cl3N3O4/c1-18-13-23(30)27(24(31)14-18)38-12-11-37-21-9-7-20(8-10-21)34-25(15-32-16-26(34)35)28(36)33(2)17-19-5-3-4-6-22(19)29/h3-10,13-14,25,32H,11-12,15-17H2,1-2H3/t25-/m1/s1. The first kappa shape index (κ1) is 28.0. The molecule has 7 nitrogen and oxygen atoms in total. The van der Waals surface area contributed by atoms with E-state index in [4.69, 9.17) is 44.3 Å². The molecule has 1 atom stereocenters. The summed E-state index contributed by atoms with van der Waals surface area (Å²) in [6.07, 6.45) is 0. The first-order valence-electron chi connectivity index (χ1n) is 12.1. The highest BCUT2D eigenvalue weighted by Gasteiger charge is 2.36. The minimum Gasteiger partial charge on any atom is -0.490 e. The van der Waals surface area contributed by atoms with Gasteiger partial charge in [-0.3, -0.25) is 14.5 Å². The molecule has 1 aliphatic rings. The van der Waals surface area contributed by atoms with Crippen LogP contribution in [0.15, 0.2) is 60.7 Å². The van der Waals surface area contributed by atoms with Crippen molar-refractivity contribution in [1.29, 1.82) is 0 Å². The molecular weight excluding hydrogens is 549 g/mol. The highest BCUT2D eigenvalue weighted by Crippen LogP contribution is 2.34. The SMILES string of the molecule is Cc1cc(Cl)c(OCCOc2ccc(N3C(=O)CNC[C@@H]3C(=O)N(C)Cc3ccccc3Cl)cc2)c(Cl)c1. The fraction of sp³-hybridized carbons (Fsp3) is 0.286. The van der Waals surface area contributed by atoms with Gasteiger partial charge in [-0.05, 0) is 60.5 Å². The molecule has 1 N–H and O–H groups in total. The van der Waals surface area contributed by atoms with E-state index in [1.54, 1.807) is 54.4 Å². The summed E-state index contributed by atoms with van der Waals surface area (Å²) in [7, 11) is 1.71. The maximum absolute atomic E-state index is 13.4. The van der Waals surface area contributed by atoms with Crippen molar-refractivity contribution in [3.8, 4) is 11.5 Å². The Hall–Kier alpha value is -2.97. The van der Waals surface area contributed by atoms with Crippen molar-refractivity contribution in [2.24, 2.45) is 0 Å². The lowest BCUT2D eigenvalue weighted by atomic mass is 10.1. The first-order chi connectivity index (χ1) is 18.2. The van der Waals surface area contributed by atoms with Crippen LogP contribution >= 0.6 is 34.8 Å². The van der Waals surface area contributed by atoms with Crippen LogP contribution in [0.5, 0.6) is 11.5 Å². The number of amides is 2. The minimum atomic E-state index is -0.687. The van der Waals surface area contributed by atoms with E-state index < -0.39 is 6.04 Å². The fourth-order valence-electron chi connectivity index (χ4n) is 4.23. The lowest BCUT2D eigenvalue weighted by Crippen LogP contribution is -2.60. The summed E-state index contributed by atoms with van der Waals surface area (Å²) in [5, 5.41) is 4.53. The first-order valence-corrected chi connectivity index (χ1v) is 13.2. The summed E-state index contributed by atoms with van der Waals surface area (Å²) < 4.78 is 11.5. The Morgan fingerprint density at radius 1 is 1.00 bits per heavy atom. The Labute approximate surface area is 237 Å². The van der Waals surface area contributed by atoms with Gasteiger partial charge in [-0.25, -0.2) is 0 Å². The van der Waals surface area contributed by atoms with Crippen molar-refractivity contribution in [3.63, 3.8) is 0 Å². The van der Waals surface area contributed by atoms with Crippen LogP contribution in [-0.2, 0) is 16.1 Å². The van der Waals surface area contributed by atoms with Crippen LogP contribution in [0.2, 0.25) is 15.1 Å². The predicted molar refractivity (Wildman–Crippen MR) is 151 cm³/mol. The van der Waals surface area contributed by atoms with Crippen LogP contribution in [-0.4, -0.2) is 56.1 Å². The summed E-state index contributed by atoms with van der Waals surface area (Å²) in [4.78, 5) is 29.3. The Balaban J connectivity index is 1.38. The number of carbonyl (C=O) groups is 2. The Morgan fingerprint density at radius 2 is 1.66 bits per heavy atom. The minimum absolute atomic E-state index is 0.151. The quantitative estimate of drug-likeness (QED) is 0.347. The van der Waals surface area contributed by atoms with Crippen molar-refractivity contribution in [2.45, 2.75) is 19.5 Å². The molecule has 0 spiro atoms. The average molecular weight is 577 g/mol. The normalized spacial score (nSPS) is 15.3. The summed E-state index contributed by atoms with van der Waals surface area (Å²) in [5.74, 6) is 0.649. The van der Waals surface area contributed by atoms with Crippen LogP contribution in [0, 0.1) is 6.92 Å². The van der Waals surface area contributed by atoms with E-state index in [1.807, 2.05) is 25.1 Å². The van der Waals surface area contributed by atoms with Gasteiger partial charge in [0.1, 0.15) is 25.0 Å². The zero-order valence-corrected chi connectivity index (χ0v) is 23.3. The van der Waals surface area contributed by atoms with Crippen LogP contribution in [0.1, 0.15) is 11.1 Å².